The quantitative estimate of drug-likeness (QED) is 0.754. The first-order valence-corrected chi connectivity index (χ1v) is 9.28. The summed E-state index contributed by atoms with van der Waals surface area (Å²) in [5, 5.41) is 11.8. The molecule has 2 heterocycles. The van der Waals surface area contributed by atoms with E-state index in [1.807, 2.05) is 58.0 Å². The van der Waals surface area contributed by atoms with Gasteiger partial charge in [-0.1, -0.05) is 41.9 Å². The van der Waals surface area contributed by atoms with Crippen molar-refractivity contribution in [3.63, 3.8) is 0 Å². The largest absolute Gasteiger partial charge is 0.339 e. The van der Waals surface area contributed by atoms with Crippen molar-refractivity contribution in [1.29, 1.82) is 0 Å². The molecule has 0 saturated carbocycles. The average Bonchev–Trinajstić information content (AvgIpc) is 3.24. The van der Waals surface area contributed by atoms with Crippen molar-refractivity contribution in [2.75, 3.05) is 19.6 Å². The maximum atomic E-state index is 12.8. The highest BCUT2D eigenvalue weighted by atomic mass is 35.5. The molecule has 1 amide bonds. The van der Waals surface area contributed by atoms with Crippen molar-refractivity contribution in [3.8, 4) is 5.69 Å². The van der Waals surface area contributed by atoms with Crippen LogP contribution in [-0.2, 0) is 11.2 Å². The number of carbonyl (C=O) groups is 1. The monoisotopic (exact) mass is 381 g/mol. The Morgan fingerprint density at radius 2 is 1.85 bits per heavy atom. The van der Waals surface area contributed by atoms with Gasteiger partial charge in [0.05, 0.1) is 12.5 Å². The molecule has 1 aliphatic rings. The first kappa shape index (κ1) is 17.7. The van der Waals surface area contributed by atoms with E-state index < -0.39 is 0 Å². The molecular weight excluding hydrogens is 362 g/mol. The maximum absolute atomic E-state index is 12.8. The molecule has 7 heteroatoms. The molecule has 27 heavy (non-hydrogen) atoms. The Balaban J connectivity index is 1.41. The van der Waals surface area contributed by atoms with E-state index in [9.17, 15) is 4.79 Å². The van der Waals surface area contributed by atoms with Crippen LogP contribution in [0.2, 0.25) is 5.02 Å². The van der Waals surface area contributed by atoms with Gasteiger partial charge in [0, 0.05) is 30.3 Å². The van der Waals surface area contributed by atoms with E-state index in [1.54, 1.807) is 12.7 Å². The minimum Gasteiger partial charge on any atom is -0.339 e. The third-order valence-electron chi connectivity index (χ3n) is 4.82. The van der Waals surface area contributed by atoms with Gasteiger partial charge in [-0.3, -0.25) is 9.36 Å². The van der Waals surface area contributed by atoms with Crippen LogP contribution in [0.25, 0.3) is 5.69 Å². The fourth-order valence-electron chi connectivity index (χ4n) is 3.35. The number of benzene rings is 2. The van der Waals surface area contributed by atoms with Crippen molar-refractivity contribution in [1.82, 2.24) is 25.0 Å². The molecule has 138 valence electrons. The standard InChI is InChI=1S/C20H20ClN5O/c21-18-4-2-1-3-17(18)19-12-25(10-9-22-19)20(27)11-15-5-7-16(8-6-15)26-13-23-24-14-26/h1-8,13-14,19,22H,9-12H2. The lowest BCUT2D eigenvalue weighted by atomic mass is 10.0. The Labute approximate surface area is 162 Å². The maximum Gasteiger partial charge on any atom is 0.227 e. The van der Waals surface area contributed by atoms with Crippen LogP contribution in [0.3, 0.4) is 0 Å². The molecule has 4 rings (SSSR count). The zero-order valence-corrected chi connectivity index (χ0v) is 15.5. The average molecular weight is 382 g/mol. The van der Waals surface area contributed by atoms with Crippen LogP contribution in [-0.4, -0.2) is 45.2 Å². The third-order valence-corrected chi connectivity index (χ3v) is 5.16. The molecule has 1 aromatic heterocycles. The second kappa shape index (κ2) is 7.90. The molecule has 6 nitrogen and oxygen atoms in total. The first-order chi connectivity index (χ1) is 13.2. The van der Waals surface area contributed by atoms with Crippen molar-refractivity contribution in [3.05, 3.63) is 77.3 Å². The second-order valence-corrected chi connectivity index (χ2v) is 6.99. The Hall–Kier alpha value is -2.70. The minimum absolute atomic E-state index is 0.0625. The minimum atomic E-state index is 0.0625. The Morgan fingerprint density at radius 1 is 1.11 bits per heavy atom. The number of hydrogen-bond acceptors (Lipinski definition) is 4. The van der Waals surface area contributed by atoms with E-state index in [0.29, 0.717) is 19.5 Å². The molecule has 1 saturated heterocycles. The lowest BCUT2D eigenvalue weighted by molar-refractivity contribution is -0.131. The van der Waals surface area contributed by atoms with E-state index in [1.165, 1.54) is 0 Å². The van der Waals surface area contributed by atoms with Gasteiger partial charge in [-0.05, 0) is 29.3 Å². The van der Waals surface area contributed by atoms with Gasteiger partial charge in [0.1, 0.15) is 12.7 Å². The zero-order valence-electron chi connectivity index (χ0n) is 14.8. The summed E-state index contributed by atoms with van der Waals surface area (Å²) >= 11 is 6.32. The number of hydrogen-bond donors (Lipinski definition) is 1. The molecular formula is C20H20ClN5O. The number of nitrogens with zero attached hydrogens (tertiary/aromatic N) is 4. The van der Waals surface area contributed by atoms with Crippen molar-refractivity contribution in [2.45, 2.75) is 12.5 Å². The highest BCUT2D eigenvalue weighted by Crippen LogP contribution is 2.25. The Morgan fingerprint density at radius 3 is 2.59 bits per heavy atom. The molecule has 0 aliphatic carbocycles. The summed E-state index contributed by atoms with van der Waals surface area (Å²) in [7, 11) is 0. The van der Waals surface area contributed by atoms with Gasteiger partial charge in [0.25, 0.3) is 0 Å². The first-order valence-electron chi connectivity index (χ1n) is 8.90. The lowest BCUT2D eigenvalue weighted by Crippen LogP contribution is -2.48. The SMILES string of the molecule is O=C(Cc1ccc(-n2cnnc2)cc1)N1CCNC(c2ccccc2Cl)C1. The van der Waals surface area contributed by atoms with Crippen molar-refractivity contribution in [2.24, 2.45) is 0 Å². The number of rotatable bonds is 4. The molecule has 2 aromatic carbocycles. The van der Waals surface area contributed by atoms with Crippen LogP contribution in [0.15, 0.2) is 61.2 Å². The molecule has 1 atom stereocenters. The van der Waals surface area contributed by atoms with Crippen molar-refractivity contribution >= 4 is 17.5 Å². The van der Waals surface area contributed by atoms with Gasteiger partial charge in [-0.2, -0.15) is 0 Å². The van der Waals surface area contributed by atoms with Crippen LogP contribution >= 0.6 is 11.6 Å². The predicted octanol–water partition coefficient (Wildman–Crippen LogP) is 2.64. The summed E-state index contributed by atoms with van der Waals surface area (Å²) in [6.45, 7) is 2.09. The predicted molar refractivity (Wildman–Crippen MR) is 104 cm³/mol. The van der Waals surface area contributed by atoms with Gasteiger partial charge >= 0.3 is 0 Å². The highest BCUT2D eigenvalue weighted by molar-refractivity contribution is 6.31. The molecule has 1 aliphatic heterocycles. The van der Waals surface area contributed by atoms with Crippen LogP contribution in [0.5, 0.6) is 0 Å². The van der Waals surface area contributed by atoms with E-state index in [2.05, 4.69) is 15.5 Å². The van der Waals surface area contributed by atoms with Crippen LogP contribution in [0.4, 0.5) is 0 Å². The van der Waals surface area contributed by atoms with E-state index in [0.717, 1.165) is 28.4 Å². The molecule has 1 N–H and O–H groups in total. The molecule has 1 fully saturated rings. The number of aromatic nitrogens is 3. The number of halogens is 1. The summed E-state index contributed by atoms with van der Waals surface area (Å²) in [5.74, 6) is 0.130. The molecule has 1 unspecified atom stereocenters. The van der Waals surface area contributed by atoms with Gasteiger partial charge < -0.3 is 10.2 Å². The molecule has 3 aromatic rings. The van der Waals surface area contributed by atoms with Gasteiger partial charge in [0.2, 0.25) is 5.91 Å². The summed E-state index contributed by atoms with van der Waals surface area (Å²) in [5.41, 5.74) is 3.00. The number of amides is 1. The normalized spacial score (nSPS) is 17.1. The van der Waals surface area contributed by atoms with Gasteiger partial charge in [0.15, 0.2) is 0 Å². The van der Waals surface area contributed by atoms with Crippen molar-refractivity contribution < 1.29 is 4.79 Å². The number of carbonyl (C=O) groups excluding carboxylic acids is 1. The van der Waals surface area contributed by atoms with E-state index in [4.69, 9.17) is 11.6 Å². The summed E-state index contributed by atoms with van der Waals surface area (Å²) in [6.07, 6.45) is 3.68. The molecule has 0 radical (unpaired) electrons. The smallest absolute Gasteiger partial charge is 0.227 e. The van der Waals surface area contributed by atoms with Gasteiger partial charge in [-0.15, -0.1) is 10.2 Å². The molecule has 0 bridgehead atoms. The van der Waals surface area contributed by atoms with Crippen LogP contribution in [0.1, 0.15) is 17.2 Å². The molecule has 0 spiro atoms. The second-order valence-electron chi connectivity index (χ2n) is 6.58. The van der Waals surface area contributed by atoms with Gasteiger partial charge in [-0.25, -0.2) is 0 Å². The fraction of sp³-hybridized carbons (Fsp3) is 0.250. The summed E-state index contributed by atoms with van der Waals surface area (Å²) < 4.78 is 1.83. The fourth-order valence-corrected chi connectivity index (χ4v) is 3.62. The third kappa shape index (κ3) is 4.02. The zero-order chi connectivity index (χ0) is 18.6. The lowest BCUT2D eigenvalue weighted by Gasteiger charge is -2.34. The van der Waals surface area contributed by atoms with E-state index in [-0.39, 0.29) is 11.9 Å². The van der Waals surface area contributed by atoms with Crippen LogP contribution in [0, 0.1) is 0 Å². The Bertz CT molecular complexity index is 910. The van der Waals surface area contributed by atoms with Crippen LogP contribution < -0.4 is 5.32 Å². The highest BCUT2D eigenvalue weighted by Gasteiger charge is 2.25. The topological polar surface area (TPSA) is 63.1 Å². The number of nitrogens with one attached hydrogen (secondary N) is 1. The van der Waals surface area contributed by atoms with E-state index >= 15 is 0 Å². The Kier molecular flexibility index (Phi) is 5.18. The summed E-state index contributed by atoms with van der Waals surface area (Å²) in [6, 6.07) is 15.7. The number of piperazine rings is 1. The summed E-state index contributed by atoms with van der Waals surface area (Å²) in [4.78, 5) is 14.7.